The van der Waals surface area contributed by atoms with Crippen LogP contribution in [0.1, 0.15) is 22.3 Å². The number of anilines is 1. The molecule has 0 spiro atoms. The summed E-state index contributed by atoms with van der Waals surface area (Å²) in [5, 5.41) is 11.5. The first-order valence-electron chi connectivity index (χ1n) is 6.24. The Morgan fingerprint density at radius 2 is 2.09 bits per heavy atom. The van der Waals surface area contributed by atoms with Gasteiger partial charge in [0.25, 0.3) is 5.91 Å². The Balaban J connectivity index is 2.31. The fourth-order valence-corrected chi connectivity index (χ4v) is 3.21. The lowest BCUT2D eigenvalue weighted by molar-refractivity contribution is 0.102. The van der Waals surface area contributed by atoms with Gasteiger partial charge in [0.15, 0.2) is 0 Å². The molecule has 1 aromatic heterocycles. The molecular formula is C12H13ClN4O3S2. The van der Waals surface area contributed by atoms with Crippen molar-refractivity contribution in [1.82, 2.24) is 14.9 Å². The number of benzene rings is 1. The van der Waals surface area contributed by atoms with E-state index in [0.717, 1.165) is 5.01 Å². The molecule has 2 aromatic rings. The molecule has 0 aliphatic rings. The predicted molar refractivity (Wildman–Crippen MR) is 84.9 cm³/mol. The molecule has 0 unspecified atom stereocenters. The first kappa shape index (κ1) is 16.8. The number of aromatic nitrogens is 2. The molecule has 1 amide bonds. The van der Waals surface area contributed by atoms with Crippen molar-refractivity contribution in [2.24, 2.45) is 0 Å². The third kappa shape index (κ3) is 3.61. The molecule has 0 aliphatic carbocycles. The first-order chi connectivity index (χ1) is 10.4. The number of rotatable bonds is 5. The van der Waals surface area contributed by atoms with Crippen molar-refractivity contribution in [2.75, 3.05) is 12.4 Å². The summed E-state index contributed by atoms with van der Waals surface area (Å²) in [4.78, 5) is 12.2. The van der Waals surface area contributed by atoms with Crippen LogP contribution >= 0.6 is 22.9 Å². The summed E-state index contributed by atoms with van der Waals surface area (Å²) >= 11 is 7.22. The molecule has 0 bridgehead atoms. The summed E-state index contributed by atoms with van der Waals surface area (Å²) in [7, 11) is -2.37. The summed E-state index contributed by atoms with van der Waals surface area (Å²) in [5.41, 5.74) is 0.0474. The van der Waals surface area contributed by atoms with E-state index in [1.807, 2.05) is 6.92 Å². The first-order valence-corrected chi connectivity index (χ1v) is 8.92. The number of aryl methyl sites for hydroxylation is 1. The zero-order valence-electron chi connectivity index (χ0n) is 11.8. The third-order valence-electron chi connectivity index (χ3n) is 2.75. The van der Waals surface area contributed by atoms with Gasteiger partial charge in [-0.25, -0.2) is 13.1 Å². The zero-order chi connectivity index (χ0) is 16.3. The van der Waals surface area contributed by atoms with Crippen LogP contribution in [0.4, 0.5) is 5.13 Å². The van der Waals surface area contributed by atoms with E-state index >= 15 is 0 Å². The molecule has 1 aromatic carbocycles. The maximum absolute atomic E-state index is 12.2. The van der Waals surface area contributed by atoms with Gasteiger partial charge in [-0.15, -0.1) is 10.2 Å². The second-order valence-corrected chi connectivity index (χ2v) is 7.51. The van der Waals surface area contributed by atoms with Crippen molar-refractivity contribution in [2.45, 2.75) is 18.2 Å². The van der Waals surface area contributed by atoms with Crippen LogP contribution in [0, 0.1) is 0 Å². The maximum atomic E-state index is 12.2. The van der Waals surface area contributed by atoms with Gasteiger partial charge in [0.05, 0.1) is 15.5 Å². The van der Waals surface area contributed by atoms with E-state index in [1.54, 1.807) is 0 Å². The summed E-state index contributed by atoms with van der Waals surface area (Å²) in [5.74, 6) is -0.544. The highest BCUT2D eigenvalue weighted by atomic mass is 35.5. The van der Waals surface area contributed by atoms with Crippen molar-refractivity contribution in [3.05, 3.63) is 33.8 Å². The average molecular weight is 361 g/mol. The Morgan fingerprint density at radius 3 is 2.68 bits per heavy atom. The molecule has 0 radical (unpaired) electrons. The van der Waals surface area contributed by atoms with E-state index in [0.29, 0.717) is 11.6 Å². The number of nitrogens with one attached hydrogen (secondary N) is 2. The molecule has 0 aliphatic heterocycles. The van der Waals surface area contributed by atoms with Crippen LogP contribution in [0.15, 0.2) is 23.1 Å². The number of sulfonamides is 1. The Kier molecular flexibility index (Phi) is 5.12. The van der Waals surface area contributed by atoms with E-state index in [9.17, 15) is 13.2 Å². The van der Waals surface area contributed by atoms with Crippen molar-refractivity contribution < 1.29 is 13.2 Å². The van der Waals surface area contributed by atoms with Gasteiger partial charge in [0.2, 0.25) is 15.2 Å². The fraction of sp³-hybridized carbons (Fsp3) is 0.250. The number of carbonyl (C=O) groups is 1. The summed E-state index contributed by atoms with van der Waals surface area (Å²) < 4.78 is 25.7. The molecule has 1 heterocycles. The number of carbonyl (C=O) groups excluding carboxylic acids is 1. The van der Waals surface area contributed by atoms with Gasteiger partial charge in [0, 0.05) is 0 Å². The second kappa shape index (κ2) is 6.69. The second-order valence-electron chi connectivity index (χ2n) is 4.16. The lowest BCUT2D eigenvalue weighted by atomic mass is 10.2. The third-order valence-corrected chi connectivity index (χ3v) is 5.48. The highest BCUT2D eigenvalue weighted by Gasteiger charge is 2.18. The predicted octanol–water partition coefficient (Wildman–Crippen LogP) is 1.91. The summed E-state index contributed by atoms with van der Waals surface area (Å²) in [6.07, 6.45) is 0.712. The van der Waals surface area contributed by atoms with Crippen LogP contribution in [-0.4, -0.2) is 31.6 Å². The van der Waals surface area contributed by atoms with Gasteiger partial charge >= 0.3 is 0 Å². The van der Waals surface area contributed by atoms with Crippen LogP contribution < -0.4 is 10.0 Å². The van der Waals surface area contributed by atoms with Gasteiger partial charge in [0.1, 0.15) is 5.01 Å². The molecule has 10 heteroatoms. The molecular weight excluding hydrogens is 348 g/mol. The molecule has 22 heavy (non-hydrogen) atoms. The number of nitrogens with zero attached hydrogens (tertiary/aromatic N) is 2. The molecule has 0 saturated carbocycles. The number of hydrogen-bond acceptors (Lipinski definition) is 6. The summed E-state index contributed by atoms with van der Waals surface area (Å²) in [6.45, 7) is 1.93. The van der Waals surface area contributed by atoms with Crippen molar-refractivity contribution in [3.8, 4) is 0 Å². The van der Waals surface area contributed by atoms with Crippen molar-refractivity contribution in [1.29, 1.82) is 0 Å². The Labute approximate surface area is 136 Å². The number of hydrogen-bond donors (Lipinski definition) is 2. The Hall–Kier alpha value is -1.55. The smallest absolute Gasteiger partial charge is 0.259 e. The van der Waals surface area contributed by atoms with E-state index in [-0.39, 0.29) is 15.5 Å². The number of halogens is 1. The minimum absolute atomic E-state index is 0.0453. The fourth-order valence-electron chi connectivity index (χ4n) is 1.57. The lowest BCUT2D eigenvalue weighted by Gasteiger charge is -2.07. The van der Waals surface area contributed by atoms with E-state index in [1.165, 1.54) is 36.6 Å². The largest absolute Gasteiger partial charge is 0.296 e. The molecule has 0 fully saturated rings. The Morgan fingerprint density at radius 1 is 1.36 bits per heavy atom. The molecule has 0 saturated heterocycles. The normalized spacial score (nSPS) is 11.4. The molecule has 118 valence electrons. The van der Waals surface area contributed by atoms with E-state index < -0.39 is 15.9 Å². The minimum atomic E-state index is -3.66. The van der Waals surface area contributed by atoms with Crippen LogP contribution in [0.25, 0.3) is 0 Å². The van der Waals surface area contributed by atoms with Gasteiger partial charge in [-0.3, -0.25) is 10.1 Å². The average Bonchev–Trinajstić information content (AvgIpc) is 2.95. The van der Waals surface area contributed by atoms with Crippen LogP contribution in [0.5, 0.6) is 0 Å². The van der Waals surface area contributed by atoms with E-state index in [2.05, 4.69) is 20.2 Å². The molecule has 2 rings (SSSR count). The van der Waals surface area contributed by atoms with Gasteiger partial charge < -0.3 is 0 Å². The van der Waals surface area contributed by atoms with Crippen LogP contribution in [0.3, 0.4) is 0 Å². The Bertz CT molecular complexity index is 804. The highest BCUT2D eigenvalue weighted by Crippen LogP contribution is 2.23. The van der Waals surface area contributed by atoms with Crippen LogP contribution in [-0.2, 0) is 16.4 Å². The zero-order valence-corrected chi connectivity index (χ0v) is 14.1. The summed E-state index contributed by atoms with van der Waals surface area (Å²) in [6, 6.07) is 3.90. The minimum Gasteiger partial charge on any atom is -0.296 e. The highest BCUT2D eigenvalue weighted by molar-refractivity contribution is 7.89. The van der Waals surface area contributed by atoms with Gasteiger partial charge in [-0.1, -0.05) is 29.9 Å². The SMILES string of the molecule is CCc1nnc(NC(=O)c2cc(S(=O)(=O)NC)ccc2Cl)s1. The van der Waals surface area contributed by atoms with Gasteiger partial charge in [-0.05, 0) is 31.7 Å². The molecule has 0 atom stereocenters. The lowest BCUT2D eigenvalue weighted by Crippen LogP contribution is -2.20. The van der Waals surface area contributed by atoms with Crippen molar-refractivity contribution in [3.63, 3.8) is 0 Å². The van der Waals surface area contributed by atoms with E-state index in [4.69, 9.17) is 11.6 Å². The molecule has 7 nitrogen and oxygen atoms in total. The maximum Gasteiger partial charge on any atom is 0.259 e. The van der Waals surface area contributed by atoms with Gasteiger partial charge in [-0.2, -0.15) is 0 Å². The van der Waals surface area contributed by atoms with Crippen LogP contribution in [0.2, 0.25) is 5.02 Å². The quantitative estimate of drug-likeness (QED) is 0.848. The monoisotopic (exact) mass is 360 g/mol. The van der Waals surface area contributed by atoms with Crippen molar-refractivity contribution >= 4 is 44.0 Å². The topological polar surface area (TPSA) is 101 Å². The molecule has 2 N–H and O–H groups in total. The standard InChI is InChI=1S/C12H13ClN4O3S2/c1-3-10-16-17-12(21-10)15-11(18)8-6-7(4-5-9(8)13)22(19,20)14-2/h4-6,14H,3H2,1-2H3,(H,15,17,18). The number of amides is 1.